The molecule has 2 nitrogen and oxygen atoms in total. The standard InChI is InChI=1S/C13H8BrClFNO/c14-8-1-4-10(5-2-8)17-13(18)11-6-3-9(16)7-12(11)15/h1-7H,(H,17,18). The van der Waals surface area contributed by atoms with Gasteiger partial charge in [-0.2, -0.15) is 0 Å². The molecule has 0 aliphatic rings. The molecule has 0 fully saturated rings. The zero-order chi connectivity index (χ0) is 13.1. The van der Waals surface area contributed by atoms with Crippen molar-refractivity contribution in [2.24, 2.45) is 0 Å². The number of amides is 1. The predicted molar refractivity (Wildman–Crippen MR) is 73.5 cm³/mol. The molecule has 0 aliphatic heterocycles. The van der Waals surface area contributed by atoms with E-state index < -0.39 is 5.82 Å². The summed E-state index contributed by atoms with van der Waals surface area (Å²) in [6.07, 6.45) is 0. The summed E-state index contributed by atoms with van der Waals surface area (Å²) < 4.78 is 13.8. The highest BCUT2D eigenvalue weighted by Crippen LogP contribution is 2.20. The lowest BCUT2D eigenvalue weighted by Gasteiger charge is -2.06. The first-order valence-corrected chi connectivity index (χ1v) is 6.25. The Morgan fingerprint density at radius 1 is 1.17 bits per heavy atom. The van der Waals surface area contributed by atoms with Crippen molar-refractivity contribution in [2.45, 2.75) is 0 Å². The van der Waals surface area contributed by atoms with E-state index in [0.717, 1.165) is 10.5 Å². The van der Waals surface area contributed by atoms with Gasteiger partial charge < -0.3 is 5.32 Å². The molecule has 2 aromatic carbocycles. The Morgan fingerprint density at radius 3 is 2.44 bits per heavy atom. The maximum Gasteiger partial charge on any atom is 0.257 e. The van der Waals surface area contributed by atoms with Crippen LogP contribution in [0.15, 0.2) is 46.9 Å². The molecule has 0 spiro atoms. The Labute approximate surface area is 117 Å². The summed E-state index contributed by atoms with van der Waals surface area (Å²) in [5, 5.41) is 2.77. The molecule has 0 bridgehead atoms. The Balaban J connectivity index is 2.19. The first-order valence-electron chi connectivity index (χ1n) is 5.08. The fraction of sp³-hybridized carbons (Fsp3) is 0. The molecule has 0 radical (unpaired) electrons. The van der Waals surface area contributed by atoms with E-state index in [-0.39, 0.29) is 16.5 Å². The Kier molecular flexibility index (Phi) is 3.99. The number of carbonyl (C=O) groups is 1. The number of hydrogen-bond donors (Lipinski definition) is 1. The minimum absolute atomic E-state index is 0.0876. The lowest BCUT2D eigenvalue weighted by Crippen LogP contribution is -2.12. The smallest absolute Gasteiger partial charge is 0.257 e. The highest BCUT2D eigenvalue weighted by molar-refractivity contribution is 9.10. The van der Waals surface area contributed by atoms with E-state index in [4.69, 9.17) is 11.6 Å². The second-order valence-corrected chi connectivity index (χ2v) is 4.91. The lowest BCUT2D eigenvalue weighted by molar-refractivity contribution is 0.102. The second-order valence-electron chi connectivity index (χ2n) is 3.59. The molecule has 0 saturated carbocycles. The number of nitrogens with one attached hydrogen (secondary N) is 1. The molecule has 0 saturated heterocycles. The number of rotatable bonds is 2. The Morgan fingerprint density at radius 2 is 1.83 bits per heavy atom. The van der Waals surface area contributed by atoms with Crippen LogP contribution in [-0.4, -0.2) is 5.91 Å². The van der Waals surface area contributed by atoms with E-state index >= 15 is 0 Å². The van der Waals surface area contributed by atoms with Crippen LogP contribution in [-0.2, 0) is 0 Å². The molecule has 0 atom stereocenters. The van der Waals surface area contributed by atoms with Crippen LogP contribution in [0.2, 0.25) is 5.02 Å². The summed E-state index contributed by atoms with van der Waals surface area (Å²) in [6.45, 7) is 0. The van der Waals surface area contributed by atoms with Crippen molar-refractivity contribution >= 4 is 39.1 Å². The molecule has 1 amide bonds. The minimum Gasteiger partial charge on any atom is -0.322 e. The van der Waals surface area contributed by atoms with Crippen LogP contribution in [0.25, 0.3) is 0 Å². The predicted octanol–water partition coefficient (Wildman–Crippen LogP) is 4.49. The SMILES string of the molecule is O=C(Nc1ccc(Br)cc1)c1ccc(F)cc1Cl. The van der Waals surface area contributed by atoms with Gasteiger partial charge in [0.25, 0.3) is 5.91 Å². The molecule has 2 rings (SSSR count). The summed E-state index contributed by atoms with van der Waals surface area (Å²) in [5.41, 5.74) is 0.879. The second kappa shape index (κ2) is 5.50. The van der Waals surface area contributed by atoms with Crippen LogP contribution in [0.3, 0.4) is 0 Å². The maximum atomic E-state index is 12.9. The summed E-state index contributed by atoms with van der Waals surface area (Å²) in [7, 11) is 0. The van der Waals surface area contributed by atoms with Crippen molar-refractivity contribution < 1.29 is 9.18 Å². The van der Waals surface area contributed by atoms with E-state index in [0.29, 0.717) is 5.69 Å². The zero-order valence-electron chi connectivity index (χ0n) is 9.08. The fourth-order valence-corrected chi connectivity index (χ4v) is 1.92. The van der Waals surface area contributed by atoms with Gasteiger partial charge in [0.05, 0.1) is 10.6 Å². The first kappa shape index (κ1) is 13.1. The van der Waals surface area contributed by atoms with E-state index in [1.807, 2.05) is 12.1 Å². The van der Waals surface area contributed by atoms with Crippen LogP contribution in [0.4, 0.5) is 10.1 Å². The number of anilines is 1. The molecule has 18 heavy (non-hydrogen) atoms. The summed E-state index contributed by atoms with van der Waals surface area (Å²) in [5.74, 6) is -0.845. The Bertz CT molecular complexity index is 586. The molecular weight excluding hydrogens is 321 g/mol. The summed E-state index contributed by atoms with van der Waals surface area (Å²) in [4.78, 5) is 11.9. The van der Waals surface area contributed by atoms with Crippen LogP contribution >= 0.6 is 27.5 Å². The molecular formula is C13H8BrClFNO. The van der Waals surface area contributed by atoms with E-state index in [9.17, 15) is 9.18 Å². The lowest BCUT2D eigenvalue weighted by atomic mass is 10.2. The van der Waals surface area contributed by atoms with Crippen LogP contribution in [0.5, 0.6) is 0 Å². The monoisotopic (exact) mass is 327 g/mol. The molecule has 2 aromatic rings. The molecule has 0 aliphatic carbocycles. The van der Waals surface area contributed by atoms with Crippen molar-refractivity contribution in [1.29, 1.82) is 0 Å². The molecule has 5 heteroatoms. The third-order valence-corrected chi connectivity index (χ3v) is 3.12. The van der Waals surface area contributed by atoms with E-state index in [2.05, 4.69) is 21.2 Å². The van der Waals surface area contributed by atoms with E-state index in [1.54, 1.807) is 12.1 Å². The van der Waals surface area contributed by atoms with Gasteiger partial charge in [-0.25, -0.2) is 4.39 Å². The summed E-state index contributed by atoms with van der Waals surface area (Å²) >= 11 is 9.11. The van der Waals surface area contributed by atoms with Crippen LogP contribution in [0.1, 0.15) is 10.4 Å². The van der Waals surface area contributed by atoms with Crippen LogP contribution in [0, 0.1) is 5.82 Å². The van der Waals surface area contributed by atoms with Crippen molar-refractivity contribution in [3.8, 4) is 0 Å². The van der Waals surface area contributed by atoms with Crippen molar-refractivity contribution in [3.05, 3.63) is 63.3 Å². The topological polar surface area (TPSA) is 29.1 Å². The van der Waals surface area contributed by atoms with Gasteiger partial charge in [0, 0.05) is 10.2 Å². The highest BCUT2D eigenvalue weighted by atomic mass is 79.9. The zero-order valence-corrected chi connectivity index (χ0v) is 11.4. The van der Waals surface area contributed by atoms with Gasteiger partial charge in [-0.05, 0) is 42.5 Å². The average Bonchev–Trinajstić information content (AvgIpc) is 2.32. The number of hydrogen-bond acceptors (Lipinski definition) is 1. The van der Waals surface area contributed by atoms with Gasteiger partial charge in [-0.1, -0.05) is 27.5 Å². The molecule has 1 N–H and O–H groups in total. The van der Waals surface area contributed by atoms with Gasteiger partial charge in [-0.3, -0.25) is 4.79 Å². The van der Waals surface area contributed by atoms with Gasteiger partial charge >= 0.3 is 0 Å². The van der Waals surface area contributed by atoms with Gasteiger partial charge in [0.2, 0.25) is 0 Å². The van der Waals surface area contributed by atoms with Crippen molar-refractivity contribution in [2.75, 3.05) is 5.32 Å². The minimum atomic E-state index is -0.472. The van der Waals surface area contributed by atoms with Crippen molar-refractivity contribution in [1.82, 2.24) is 0 Å². The number of carbonyl (C=O) groups excluding carboxylic acids is 1. The average molecular weight is 329 g/mol. The van der Waals surface area contributed by atoms with Gasteiger partial charge in [0.1, 0.15) is 5.82 Å². The third kappa shape index (κ3) is 3.09. The van der Waals surface area contributed by atoms with Crippen LogP contribution < -0.4 is 5.32 Å². The molecule has 0 heterocycles. The van der Waals surface area contributed by atoms with Gasteiger partial charge in [-0.15, -0.1) is 0 Å². The highest BCUT2D eigenvalue weighted by Gasteiger charge is 2.11. The van der Waals surface area contributed by atoms with E-state index in [1.165, 1.54) is 12.1 Å². The maximum absolute atomic E-state index is 12.9. The number of halogens is 3. The first-order chi connectivity index (χ1) is 8.56. The van der Waals surface area contributed by atoms with Gasteiger partial charge in [0.15, 0.2) is 0 Å². The molecule has 0 unspecified atom stereocenters. The normalized spacial score (nSPS) is 10.2. The quantitative estimate of drug-likeness (QED) is 0.864. The fourth-order valence-electron chi connectivity index (χ4n) is 1.41. The third-order valence-electron chi connectivity index (χ3n) is 2.28. The number of benzene rings is 2. The molecule has 0 aromatic heterocycles. The Hall–Kier alpha value is -1.39. The summed E-state index contributed by atoms with van der Waals surface area (Å²) in [6, 6.07) is 10.8. The van der Waals surface area contributed by atoms with Crippen molar-refractivity contribution in [3.63, 3.8) is 0 Å². The largest absolute Gasteiger partial charge is 0.322 e. The molecule has 92 valence electrons.